The number of carboxylic acids is 1. The van der Waals surface area contributed by atoms with Gasteiger partial charge in [-0.25, -0.2) is 4.98 Å². The molecule has 3 unspecified atom stereocenters. The van der Waals surface area contributed by atoms with Crippen LogP contribution in [0.25, 0.3) is 0 Å². The molecule has 3 rings (SSSR count). The third-order valence-electron chi connectivity index (χ3n) is 3.54. The molecule has 17 heavy (non-hydrogen) atoms. The summed E-state index contributed by atoms with van der Waals surface area (Å²) >= 11 is 1.64. The molecule has 92 valence electrons. The van der Waals surface area contributed by atoms with Crippen LogP contribution in [0.2, 0.25) is 0 Å². The zero-order valence-corrected chi connectivity index (χ0v) is 10.5. The van der Waals surface area contributed by atoms with Crippen LogP contribution in [0.1, 0.15) is 53.8 Å². The number of aryl methyl sites for hydroxylation is 1. The summed E-state index contributed by atoms with van der Waals surface area (Å²) < 4.78 is 5.78. The van der Waals surface area contributed by atoms with Crippen molar-refractivity contribution in [3.05, 3.63) is 15.6 Å². The molecular formula is C12H15NO3S. The molecule has 3 atom stereocenters. The summed E-state index contributed by atoms with van der Waals surface area (Å²) in [5.74, 6) is -1.14. The molecule has 4 nitrogen and oxygen atoms in total. The minimum atomic E-state index is -0.749. The highest BCUT2D eigenvalue weighted by Gasteiger charge is 2.35. The third kappa shape index (κ3) is 1.87. The zero-order valence-electron chi connectivity index (χ0n) is 9.68. The van der Waals surface area contributed by atoms with Crippen LogP contribution >= 0.6 is 11.3 Å². The predicted molar refractivity (Wildman–Crippen MR) is 63.3 cm³/mol. The van der Waals surface area contributed by atoms with Gasteiger partial charge >= 0.3 is 5.97 Å². The maximum Gasteiger partial charge on any atom is 0.312 e. The molecule has 2 heterocycles. The minimum absolute atomic E-state index is 0.0926. The lowest BCUT2D eigenvalue weighted by Gasteiger charge is -2.08. The summed E-state index contributed by atoms with van der Waals surface area (Å²) in [4.78, 5) is 16.8. The number of aromatic nitrogens is 1. The molecule has 0 aromatic carbocycles. The lowest BCUT2D eigenvalue weighted by Crippen LogP contribution is -2.09. The number of carbonyl (C=O) groups is 1. The van der Waals surface area contributed by atoms with Crippen molar-refractivity contribution in [1.82, 2.24) is 4.98 Å². The molecule has 1 aliphatic heterocycles. The van der Waals surface area contributed by atoms with Gasteiger partial charge in [-0.3, -0.25) is 4.79 Å². The van der Waals surface area contributed by atoms with Crippen LogP contribution < -0.4 is 0 Å². The van der Waals surface area contributed by atoms with Gasteiger partial charge in [-0.05, 0) is 32.6 Å². The molecule has 1 aromatic heterocycles. The second-order valence-corrected chi connectivity index (χ2v) is 5.92. The standard InChI is InChI=1S/C12H15NO3S/c1-6-2-4-8(16-6)11-13-10-7(12(14)15)3-5-9(10)17-11/h6-8H,2-5H2,1H3,(H,14,15). The highest BCUT2D eigenvalue weighted by atomic mass is 32.1. The second kappa shape index (κ2) is 4.07. The van der Waals surface area contributed by atoms with Gasteiger partial charge in [0.05, 0.1) is 11.8 Å². The largest absolute Gasteiger partial charge is 0.481 e. The highest BCUT2D eigenvalue weighted by Crippen LogP contribution is 2.41. The van der Waals surface area contributed by atoms with Crippen LogP contribution in [0.5, 0.6) is 0 Å². The number of thiazole rings is 1. The number of hydrogen-bond donors (Lipinski definition) is 1. The normalized spacial score (nSPS) is 31.7. The van der Waals surface area contributed by atoms with Crippen LogP contribution in [0.3, 0.4) is 0 Å². The first-order chi connectivity index (χ1) is 8.15. The van der Waals surface area contributed by atoms with Gasteiger partial charge in [0.2, 0.25) is 0 Å². The number of nitrogens with zero attached hydrogens (tertiary/aromatic N) is 1. The number of rotatable bonds is 2. The Labute approximate surface area is 104 Å². The van der Waals surface area contributed by atoms with E-state index in [1.807, 2.05) is 0 Å². The number of hydrogen-bond acceptors (Lipinski definition) is 4. The second-order valence-electron chi connectivity index (χ2n) is 4.80. The molecule has 0 bridgehead atoms. The van der Waals surface area contributed by atoms with Crippen LogP contribution in [0.15, 0.2) is 0 Å². The van der Waals surface area contributed by atoms with Crippen molar-refractivity contribution in [1.29, 1.82) is 0 Å². The van der Waals surface area contributed by atoms with Gasteiger partial charge in [0, 0.05) is 4.88 Å². The van der Waals surface area contributed by atoms with E-state index in [4.69, 9.17) is 9.84 Å². The van der Waals surface area contributed by atoms with E-state index in [2.05, 4.69) is 11.9 Å². The van der Waals surface area contributed by atoms with Crippen molar-refractivity contribution in [3.8, 4) is 0 Å². The average Bonchev–Trinajstić information content (AvgIpc) is 2.89. The Balaban J connectivity index is 1.86. The fourth-order valence-corrected chi connectivity index (χ4v) is 3.82. The van der Waals surface area contributed by atoms with Crippen LogP contribution in [-0.4, -0.2) is 22.2 Å². The van der Waals surface area contributed by atoms with E-state index in [9.17, 15) is 4.79 Å². The fourth-order valence-electron chi connectivity index (χ4n) is 2.61. The number of carboxylic acid groups (broad SMARTS) is 1. The Morgan fingerprint density at radius 2 is 2.29 bits per heavy atom. The van der Waals surface area contributed by atoms with Gasteiger partial charge in [0.25, 0.3) is 0 Å². The van der Waals surface area contributed by atoms with Crippen molar-refractivity contribution in [2.24, 2.45) is 0 Å². The first-order valence-corrected chi connectivity index (χ1v) is 6.84. The van der Waals surface area contributed by atoms with Crippen molar-refractivity contribution in [2.45, 2.75) is 50.7 Å². The Morgan fingerprint density at radius 3 is 2.94 bits per heavy atom. The van der Waals surface area contributed by atoms with Gasteiger partial charge in [0.15, 0.2) is 0 Å². The van der Waals surface area contributed by atoms with E-state index < -0.39 is 11.9 Å². The zero-order chi connectivity index (χ0) is 12.0. The molecule has 0 spiro atoms. The Kier molecular flexibility index (Phi) is 2.67. The van der Waals surface area contributed by atoms with Gasteiger partial charge < -0.3 is 9.84 Å². The van der Waals surface area contributed by atoms with E-state index in [0.29, 0.717) is 12.5 Å². The van der Waals surface area contributed by atoms with Gasteiger partial charge in [-0.15, -0.1) is 11.3 Å². The quantitative estimate of drug-likeness (QED) is 0.879. The van der Waals surface area contributed by atoms with Gasteiger partial charge in [0.1, 0.15) is 17.0 Å². The van der Waals surface area contributed by atoms with Crippen molar-refractivity contribution in [3.63, 3.8) is 0 Å². The molecule has 1 aliphatic carbocycles. The number of ether oxygens (including phenoxy) is 1. The highest BCUT2D eigenvalue weighted by molar-refractivity contribution is 7.11. The van der Waals surface area contributed by atoms with Crippen molar-refractivity contribution in [2.75, 3.05) is 0 Å². The summed E-state index contributed by atoms with van der Waals surface area (Å²) in [5.41, 5.74) is 0.792. The summed E-state index contributed by atoms with van der Waals surface area (Å²) in [6.45, 7) is 2.07. The first-order valence-electron chi connectivity index (χ1n) is 6.03. The Morgan fingerprint density at radius 1 is 1.47 bits per heavy atom. The topological polar surface area (TPSA) is 59.4 Å². The van der Waals surface area contributed by atoms with Crippen LogP contribution in [0.4, 0.5) is 0 Å². The number of fused-ring (bicyclic) bond motifs is 1. The molecule has 1 saturated heterocycles. The molecule has 0 radical (unpaired) electrons. The molecular weight excluding hydrogens is 238 g/mol. The SMILES string of the molecule is CC1CCC(c2nc3c(s2)CCC3C(=O)O)O1. The minimum Gasteiger partial charge on any atom is -0.481 e. The summed E-state index contributed by atoms with van der Waals surface area (Å²) in [6.07, 6.45) is 4.02. The molecule has 5 heteroatoms. The van der Waals surface area contributed by atoms with Gasteiger partial charge in [-0.2, -0.15) is 0 Å². The fraction of sp³-hybridized carbons (Fsp3) is 0.667. The smallest absolute Gasteiger partial charge is 0.312 e. The van der Waals surface area contributed by atoms with E-state index in [0.717, 1.165) is 34.8 Å². The Bertz CT molecular complexity index is 457. The molecule has 1 N–H and O–H groups in total. The summed E-state index contributed by atoms with van der Waals surface area (Å²) in [5, 5.41) is 10.1. The van der Waals surface area contributed by atoms with E-state index in [1.54, 1.807) is 11.3 Å². The van der Waals surface area contributed by atoms with E-state index in [1.165, 1.54) is 0 Å². The number of aliphatic carboxylic acids is 1. The van der Waals surface area contributed by atoms with E-state index >= 15 is 0 Å². The third-order valence-corrected chi connectivity index (χ3v) is 4.76. The molecule has 1 aromatic rings. The average molecular weight is 253 g/mol. The molecule has 1 fully saturated rings. The maximum atomic E-state index is 11.1. The summed E-state index contributed by atoms with van der Waals surface area (Å²) in [7, 11) is 0. The molecule has 2 aliphatic rings. The lowest BCUT2D eigenvalue weighted by atomic mass is 10.1. The summed E-state index contributed by atoms with van der Waals surface area (Å²) in [6, 6.07) is 0. The maximum absolute atomic E-state index is 11.1. The molecule has 0 amide bonds. The predicted octanol–water partition coefficient (Wildman–Crippen LogP) is 2.50. The first kappa shape index (κ1) is 11.2. The van der Waals surface area contributed by atoms with Crippen LogP contribution in [0, 0.1) is 0 Å². The van der Waals surface area contributed by atoms with Crippen LogP contribution in [-0.2, 0) is 16.0 Å². The van der Waals surface area contributed by atoms with Crippen molar-refractivity contribution >= 4 is 17.3 Å². The van der Waals surface area contributed by atoms with Gasteiger partial charge in [-0.1, -0.05) is 0 Å². The monoisotopic (exact) mass is 253 g/mol. The lowest BCUT2D eigenvalue weighted by molar-refractivity contribution is -0.138. The molecule has 0 saturated carbocycles. The van der Waals surface area contributed by atoms with E-state index in [-0.39, 0.29) is 6.10 Å². The Hall–Kier alpha value is -0.940. The van der Waals surface area contributed by atoms with Crippen molar-refractivity contribution < 1.29 is 14.6 Å².